The Hall–Kier alpha value is -1.06. The summed E-state index contributed by atoms with van der Waals surface area (Å²) in [5.41, 5.74) is 7.00. The van der Waals surface area contributed by atoms with E-state index >= 15 is 0 Å². The van der Waals surface area contributed by atoms with Crippen molar-refractivity contribution >= 4 is 0 Å². The molecule has 78 valence electrons. The minimum Gasteiger partial charge on any atom is -0.508 e. The summed E-state index contributed by atoms with van der Waals surface area (Å²) < 4.78 is 0. The summed E-state index contributed by atoms with van der Waals surface area (Å²) in [5.74, 6) is 0.183. The zero-order valence-corrected chi connectivity index (χ0v) is 8.62. The number of aromatic hydroxyl groups is 1. The Bertz CT molecular complexity index is 321. The van der Waals surface area contributed by atoms with Crippen LogP contribution >= 0.6 is 0 Å². The van der Waals surface area contributed by atoms with Crippen LogP contribution in [-0.2, 0) is 12.0 Å². The Balaban J connectivity index is 3.23. The molecule has 1 atom stereocenters. The van der Waals surface area contributed by atoms with Gasteiger partial charge in [-0.3, -0.25) is 0 Å². The predicted octanol–water partition coefficient (Wildman–Crippen LogP) is 1.12. The lowest BCUT2D eigenvalue weighted by atomic mass is 9.88. The maximum absolute atomic E-state index is 9.35. The number of benzene rings is 1. The maximum atomic E-state index is 9.35. The van der Waals surface area contributed by atoms with Gasteiger partial charge in [0.2, 0.25) is 0 Å². The van der Waals surface area contributed by atoms with E-state index in [0.29, 0.717) is 0 Å². The second kappa shape index (κ2) is 3.98. The van der Waals surface area contributed by atoms with Gasteiger partial charge in [-0.05, 0) is 36.6 Å². The Labute approximate surface area is 84.2 Å². The first-order valence-electron chi connectivity index (χ1n) is 4.73. The van der Waals surface area contributed by atoms with Crippen LogP contribution in [0.15, 0.2) is 18.2 Å². The molecule has 0 bridgehead atoms. The van der Waals surface area contributed by atoms with Crippen LogP contribution in [0.5, 0.6) is 5.75 Å². The Morgan fingerprint density at radius 3 is 2.57 bits per heavy atom. The zero-order valence-electron chi connectivity index (χ0n) is 8.62. The van der Waals surface area contributed by atoms with Crippen molar-refractivity contribution in [3.05, 3.63) is 29.3 Å². The molecule has 0 fully saturated rings. The molecule has 0 aromatic heterocycles. The number of phenolic OH excluding ortho intramolecular Hbond substituents is 1. The third-order valence-electron chi connectivity index (χ3n) is 2.42. The first kappa shape index (κ1) is 11.0. The molecule has 3 heteroatoms. The second-order valence-electron chi connectivity index (χ2n) is 3.77. The van der Waals surface area contributed by atoms with Crippen LogP contribution in [0.2, 0.25) is 0 Å². The Morgan fingerprint density at radius 2 is 2.07 bits per heavy atom. The average Bonchev–Trinajstić information content (AvgIpc) is 2.18. The molecule has 0 saturated carbocycles. The van der Waals surface area contributed by atoms with Gasteiger partial charge in [-0.25, -0.2) is 0 Å². The Kier molecular flexibility index (Phi) is 3.13. The summed E-state index contributed by atoms with van der Waals surface area (Å²) in [5, 5.41) is 18.5. The van der Waals surface area contributed by atoms with Crippen molar-refractivity contribution in [2.45, 2.75) is 25.8 Å². The molecule has 1 rings (SSSR count). The molecule has 0 aliphatic carbocycles. The summed E-state index contributed by atoms with van der Waals surface area (Å²) in [4.78, 5) is 0. The average molecular weight is 195 g/mol. The van der Waals surface area contributed by atoms with Gasteiger partial charge in [-0.2, -0.15) is 0 Å². The Morgan fingerprint density at radius 1 is 1.43 bits per heavy atom. The van der Waals surface area contributed by atoms with Crippen molar-refractivity contribution in [2.75, 3.05) is 6.61 Å². The monoisotopic (exact) mass is 195 g/mol. The number of hydrogen-bond donors (Lipinski definition) is 3. The molecule has 0 saturated heterocycles. The number of nitrogens with two attached hydrogens (primary N) is 1. The first-order valence-corrected chi connectivity index (χ1v) is 4.73. The summed E-state index contributed by atoms with van der Waals surface area (Å²) in [6, 6.07) is 5.09. The minimum absolute atomic E-state index is 0.135. The smallest absolute Gasteiger partial charge is 0.115 e. The van der Waals surface area contributed by atoms with Gasteiger partial charge < -0.3 is 15.9 Å². The summed E-state index contributed by atoms with van der Waals surface area (Å²) >= 11 is 0. The van der Waals surface area contributed by atoms with E-state index in [0.717, 1.165) is 17.5 Å². The number of phenols is 1. The highest BCUT2D eigenvalue weighted by Crippen LogP contribution is 2.25. The highest BCUT2D eigenvalue weighted by molar-refractivity contribution is 5.39. The lowest BCUT2D eigenvalue weighted by molar-refractivity contribution is 0.209. The minimum atomic E-state index is -0.788. The lowest BCUT2D eigenvalue weighted by Gasteiger charge is -2.25. The normalized spacial score (nSPS) is 15.1. The van der Waals surface area contributed by atoms with Crippen LogP contribution in [0.1, 0.15) is 25.0 Å². The number of rotatable bonds is 3. The van der Waals surface area contributed by atoms with Crippen LogP contribution < -0.4 is 5.73 Å². The lowest BCUT2D eigenvalue weighted by Crippen LogP contribution is -2.37. The molecule has 4 N–H and O–H groups in total. The molecule has 0 radical (unpaired) electrons. The van der Waals surface area contributed by atoms with Crippen LogP contribution in [0.25, 0.3) is 0 Å². The third-order valence-corrected chi connectivity index (χ3v) is 2.42. The van der Waals surface area contributed by atoms with E-state index in [-0.39, 0.29) is 12.4 Å². The fourth-order valence-electron chi connectivity index (χ4n) is 1.49. The molecular formula is C11H17NO2. The second-order valence-corrected chi connectivity index (χ2v) is 3.77. The molecule has 0 aliphatic heterocycles. The number of hydrogen-bond acceptors (Lipinski definition) is 3. The summed E-state index contributed by atoms with van der Waals surface area (Å²) in [6.07, 6.45) is 0.836. The van der Waals surface area contributed by atoms with E-state index in [1.807, 2.05) is 13.0 Å². The highest BCUT2D eigenvalue weighted by atomic mass is 16.3. The number of aliphatic hydroxyl groups is 1. The van der Waals surface area contributed by atoms with Crippen molar-refractivity contribution < 1.29 is 10.2 Å². The van der Waals surface area contributed by atoms with Gasteiger partial charge in [0.05, 0.1) is 12.1 Å². The number of aliphatic hydroxyl groups excluding tert-OH is 1. The molecule has 0 aliphatic rings. The van der Waals surface area contributed by atoms with Crippen LogP contribution in [0.3, 0.4) is 0 Å². The van der Waals surface area contributed by atoms with E-state index < -0.39 is 5.54 Å². The van der Waals surface area contributed by atoms with Crippen molar-refractivity contribution in [3.8, 4) is 5.75 Å². The van der Waals surface area contributed by atoms with Crippen molar-refractivity contribution in [1.82, 2.24) is 0 Å². The van der Waals surface area contributed by atoms with E-state index in [4.69, 9.17) is 10.8 Å². The fourth-order valence-corrected chi connectivity index (χ4v) is 1.49. The molecule has 1 aromatic carbocycles. The van der Waals surface area contributed by atoms with E-state index in [2.05, 4.69) is 0 Å². The van der Waals surface area contributed by atoms with Gasteiger partial charge in [0.15, 0.2) is 0 Å². The van der Waals surface area contributed by atoms with Crippen molar-refractivity contribution in [3.63, 3.8) is 0 Å². The molecule has 14 heavy (non-hydrogen) atoms. The largest absolute Gasteiger partial charge is 0.508 e. The molecule has 0 amide bonds. The topological polar surface area (TPSA) is 66.5 Å². The summed E-state index contributed by atoms with van der Waals surface area (Å²) in [7, 11) is 0. The molecule has 1 unspecified atom stereocenters. The van der Waals surface area contributed by atoms with Crippen molar-refractivity contribution in [2.24, 2.45) is 5.73 Å². The van der Waals surface area contributed by atoms with Crippen molar-refractivity contribution in [1.29, 1.82) is 0 Å². The molecule has 3 nitrogen and oxygen atoms in total. The van der Waals surface area contributed by atoms with E-state index in [9.17, 15) is 5.11 Å². The quantitative estimate of drug-likeness (QED) is 0.677. The van der Waals surface area contributed by atoms with Gasteiger partial charge in [0, 0.05) is 0 Å². The molecule has 0 heterocycles. The van der Waals surface area contributed by atoms with Gasteiger partial charge >= 0.3 is 0 Å². The van der Waals surface area contributed by atoms with E-state index in [1.54, 1.807) is 19.1 Å². The SMILES string of the molecule is CCc1ccc(O)cc1C(C)(N)CO. The molecule has 0 spiro atoms. The predicted molar refractivity (Wildman–Crippen MR) is 56.1 cm³/mol. The highest BCUT2D eigenvalue weighted by Gasteiger charge is 2.22. The number of aryl methyl sites for hydroxylation is 1. The van der Waals surface area contributed by atoms with Crippen LogP contribution in [-0.4, -0.2) is 16.8 Å². The van der Waals surface area contributed by atoms with Gasteiger partial charge in [0.1, 0.15) is 5.75 Å². The standard InChI is InChI=1S/C11H17NO2/c1-3-8-4-5-9(14)6-10(8)11(2,12)7-13/h4-6,13-14H,3,7,12H2,1-2H3. The van der Waals surface area contributed by atoms with Gasteiger partial charge in [0.25, 0.3) is 0 Å². The van der Waals surface area contributed by atoms with E-state index in [1.165, 1.54) is 0 Å². The third kappa shape index (κ3) is 2.05. The van der Waals surface area contributed by atoms with Crippen LogP contribution in [0.4, 0.5) is 0 Å². The van der Waals surface area contributed by atoms with Crippen LogP contribution in [0, 0.1) is 0 Å². The van der Waals surface area contributed by atoms with Gasteiger partial charge in [-0.15, -0.1) is 0 Å². The molecule has 1 aromatic rings. The molecular weight excluding hydrogens is 178 g/mol. The zero-order chi connectivity index (χ0) is 10.8. The fraction of sp³-hybridized carbons (Fsp3) is 0.455. The first-order chi connectivity index (χ1) is 6.51. The summed E-state index contributed by atoms with van der Waals surface area (Å²) in [6.45, 7) is 3.63. The maximum Gasteiger partial charge on any atom is 0.115 e. The van der Waals surface area contributed by atoms with Gasteiger partial charge in [-0.1, -0.05) is 13.0 Å².